The van der Waals surface area contributed by atoms with Gasteiger partial charge in [0.1, 0.15) is 10.6 Å². The topological polar surface area (TPSA) is 115 Å². The summed E-state index contributed by atoms with van der Waals surface area (Å²) < 4.78 is 23.2. The lowest BCUT2D eigenvalue weighted by Crippen LogP contribution is -2.44. The van der Waals surface area contributed by atoms with Crippen molar-refractivity contribution < 1.29 is 13.3 Å². The van der Waals surface area contributed by atoms with Gasteiger partial charge in [-0.15, -0.1) is 0 Å². The van der Waals surface area contributed by atoms with Gasteiger partial charge in [-0.25, -0.2) is 8.42 Å². The summed E-state index contributed by atoms with van der Waals surface area (Å²) in [7, 11) is -3.64. The van der Waals surface area contributed by atoms with E-state index >= 15 is 0 Å². The van der Waals surface area contributed by atoms with Crippen LogP contribution in [-0.4, -0.2) is 31.7 Å². The Balaban J connectivity index is 2.40. The van der Waals surface area contributed by atoms with Crippen LogP contribution in [0.5, 0.6) is 0 Å². The SMILES string of the molecule is CS(=O)(=O)c1cccc(NC2CC(N)C2)c1[N+](=O)[O-]. The second-order valence-corrected chi connectivity index (χ2v) is 6.74. The molecule has 7 nitrogen and oxygen atoms in total. The highest BCUT2D eigenvalue weighted by molar-refractivity contribution is 7.90. The first-order chi connectivity index (χ1) is 8.79. The van der Waals surface area contributed by atoms with Crippen LogP contribution in [0.1, 0.15) is 12.8 Å². The van der Waals surface area contributed by atoms with E-state index < -0.39 is 20.4 Å². The molecule has 1 aliphatic carbocycles. The zero-order chi connectivity index (χ0) is 14.2. The molecular weight excluding hydrogens is 270 g/mol. The maximum atomic E-state index is 11.6. The summed E-state index contributed by atoms with van der Waals surface area (Å²) in [6.07, 6.45) is 2.40. The smallest absolute Gasteiger partial charge is 0.310 e. The highest BCUT2D eigenvalue weighted by atomic mass is 32.2. The molecule has 0 saturated heterocycles. The highest BCUT2D eigenvalue weighted by Crippen LogP contribution is 2.34. The molecule has 0 aliphatic heterocycles. The average Bonchev–Trinajstić information content (AvgIpc) is 2.25. The van der Waals surface area contributed by atoms with Gasteiger partial charge in [-0.2, -0.15) is 0 Å². The van der Waals surface area contributed by atoms with Gasteiger partial charge in [-0.05, 0) is 25.0 Å². The number of nitrogens with two attached hydrogens (primary N) is 1. The molecule has 0 atom stereocenters. The third-order valence-corrected chi connectivity index (χ3v) is 4.24. The minimum absolute atomic E-state index is 0.0588. The quantitative estimate of drug-likeness (QED) is 0.627. The summed E-state index contributed by atoms with van der Waals surface area (Å²) in [6, 6.07) is 4.41. The zero-order valence-corrected chi connectivity index (χ0v) is 11.2. The normalized spacial score (nSPS) is 22.6. The molecule has 1 fully saturated rings. The van der Waals surface area contributed by atoms with Crippen LogP contribution in [0.3, 0.4) is 0 Å². The van der Waals surface area contributed by atoms with Crippen LogP contribution in [-0.2, 0) is 9.84 Å². The monoisotopic (exact) mass is 285 g/mol. The van der Waals surface area contributed by atoms with Crippen molar-refractivity contribution in [3.63, 3.8) is 0 Å². The van der Waals surface area contributed by atoms with E-state index in [0.29, 0.717) is 0 Å². The first-order valence-corrected chi connectivity index (χ1v) is 7.67. The van der Waals surface area contributed by atoms with Crippen molar-refractivity contribution in [1.29, 1.82) is 0 Å². The number of hydrogen-bond donors (Lipinski definition) is 2. The summed E-state index contributed by atoms with van der Waals surface area (Å²) in [6.45, 7) is 0. The molecular formula is C11H15N3O4S. The number of benzene rings is 1. The number of para-hydroxylation sites is 1. The Morgan fingerprint density at radius 3 is 2.53 bits per heavy atom. The molecule has 0 unspecified atom stereocenters. The van der Waals surface area contributed by atoms with E-state index in [1.165, 1.54) is 18.2 Å². The molecule has 19 heavy (non-hydrogen) atoms. The number of rotatable bonds is 4. The predicted octanol–water partition coefficient (Wildman–Crippen LogP) is 0.900. The lowest BCUT2D eigenvalue weighted by atomic mass is 9.87. The third-order valence-electron chi connectivity index (χ3n) is 3.12. The van der Waals surface area contributed by atoms with Crippen LogP contribution >= 0.6 is 0 Å². The van der Waals surface area contributed by atoms with E-state index in [2.05, 4.69) is 5.32 Å². The Bertz CT molecular complexity index is 608. The second-order valence-electron chi connectivity index (χ2n) is 4.75. The van der Waals surface area contributed by atoms with Crippen molar-refractivity contribution >= 4 is 21.2 Å². The van der Waals surface area contributed by atoms with Crippen LogP contribution in [0.4, 0.5) is 11.4 Å². The van der Waals surface area contributed by atoms with Gasteiger partial charge in [0.15, 0.2) is 9.84 Å². The second kappa shape index (κ2) is 4.78. The molecule has 0 amide bonds. The molecule has 1 aromatic carbocycles. The van der Waals surface area contributed by atoms with Crippen molar-refractivity contribution in [3.8, 4) is 0 Å². The first-order valence-electron chi connectivity index (χ1n) is 5.78. The molecule has 8 heteroatoms. The van der Waals surface area contributed by atoms with Crippen LogP contribution in [0.25, 0.3) is 0 Å². The molecule has 0 bridgehead atoms. The van der Waals surface area contributed by atoms with Gasteiger partial charge in [0.25, 0.3) is 0 Å². The minimum Gasteiger partial charge on any atom is -0.377 e. The molecule has 104 valence electrons. The van der Waals surface area contributed by atoms with Crippen molar-refractivity contribution in [2.75, 3.05) is 11.6 Å². The van der Waals surface area contributed by atoms with Gasteiger partial charge < -0.3 is 11.1 Å². The van der Waals surface area contributed by atoms with E-state index in [4.69, 9.17) is 5.73 Å². The number of hydrogen-bond acceptors (Lipinski definition) is 6. The Morgan fingerprint density at radius 2 is 2.05 bits per heavy atom. The van der Waals surface area contributed by atoms with Gasteiger partial charge in [-0.3, -0.25) is 10.1 Å². The van der Waals surface area contributed by atoms with Crippen molar-refractivity contribution in [3.05, 3.63) is 28.3 Å². The summed E-state index contributed by atoms with van der Waals surface area (Å²) in [4.78, 5) is 10.2. The molecule has 3 N–H and O–H groups in total. The van der Waals surface area contributed by atoms with Crippen molar-refractivity contribution in [2.45, 2.75) is 29.8 Å². The Morgan fingerprint density at radius 1 is 1.42 bits per heavy atom. The lowest BCUT2D eigenvalue weighted by Gasteiger charge is -2.33. The van der Waals surface area contributed by atoms with Crippen molar-refractivity contribution in [2.24, 2.45) is 5.73 Å². The third kappa shape index (κ3) is 2.85. The predicted molar refractivity (Wildman–Crippen MR) is 70.8 cm³/mol. The summed E-state index contributed by atoms with van der Waals surface area (Å²) in [5, 5.41) is 14.1. The largest absolute Gasteiger partial charge is 0.377 e. The Kier molecular flexibility index (Phi) is 3.46. The number of nitro benzene ring substituents is 1. The van der Waals surface area contributed by atoms with E-state index in [0.717, 1.165) is 19.1 Å². The number of nitrogens with zero attached hydrogens (tertiary/aromatic N) is 1. The first kappa shape index (κ1) is 13.8. The molecule has 1 aliphatic rings. The van der Waals surface area contributed by atoms with Crippen molar-refractivity contribution in [1.82, 2.24) is 0 Å². The summed E-state index contributed by atoms with van der Waals surface area (Å²) >= 11 is 0. The number of nitro groups is 1. The highest BCUT2D eigenvalue weighted by Gasteiger charge is 2.30. The minimum atomic E-state index is -3.64. The molecule has 0 spiro atoms. The number of nitrogens with one attached hydrogen (secondary N) is 1. The summed E-state index contributed by atoms with van der Waals surface area (Å²) in [5.74, 6) is 0. The van der Waals surface area contributed by atoms with Crippen LogP contribution in [0.15, 0.2) is 23.1 Å². The van der Waals surface area contributed by atoms with Gasteiger partial charge >= 0.3 is 5.69 Å². The maximum absolute atomic E-state index is 11.6. The number of sulfone groups is 1. The maximum Gasteiger partial charge on any atom is 0.310 e. The molecule has 0 aromatic heterocycles. The Hall–Kier alpha value is -1.67. The van der Waals surface area contributed by atoms with E-state index in [9.17, 15) is 18.5 Å². The number of anilines is 1. The van der Waals surface area contributed by atoms with Gasteiger partial charge in [-0.1, -0.05) is 6.07 Å². The average molecular weight is 285 g/mol. The standard InChI is InChI=1S/C11H15N3O4S/c1-19(17,18)10-4-2-3-9(11(10)14(15)16)13-8-5-7(12)6-8/h2-4,7-8,13H,5-6,12H2,1H3. The van der Waals surface area contributed by atoms with E-state index in [1.807, 2.05) is 0 Å². The van der Waals surface area contributed by atoms with Gasteiger partial charge in [0.2, 0.25) is 0 Å². The summed E-state index contributed by atoms with van der Waals surface area (Å²) in [5.41, 5.74) is 5.48. The molecule has 1 saturated carbocycles. The van der Waals surface area contributed by atoms with Gasteiger partial charge in [0.05, 0.1) is 4.92 Å². The van der Waals surface area contributed by atoms with Crippen LogP contribution in [0, 0.1) is 10.1 Å². The molecule has 0 heterocycles. The van der Waals surface area contributed by atoms with Crippen LogP contribution < -0.4 is 11.1 Å². The van der Waals surface area contributed by atoms with Gasteiger partial charge in [0, 0.05) is 18.3 Å². The Labute approximate surface area is 110 Å². The fourth-order valence-corrected chi connectivity index (χ4v) is 2.99. The van der Waals surface area contributed by atoms with E-state index in [-0.39, 0.29) is 22.7 Å². The molecule has 1 aromatic rings. The van der Waals surface area contributed by atoms with E-state index in [1.54, 1.807) is 0 Å². The molecule has 0 radical (unpaired) electrons. The fraction of sp³-hybridized carbons (Fsp3) is 0.455. The fourth-order valence-electron chi connectivity index (χ4n) is 2.13. The molecule has 2 rings (SSSR count). The lowest BCUT2D eigenvalue weighted by molar-refractivity contribution is -0.386. The van der Waals surface area contributed by atoms with Crippen LogP contribution in [0.2, 0.25) is 0 Å². The zero-order valence-electron chi connectivity index (χ0n) is 10.4.